The normalized spacial score (nSPS) is 14.5. The van der Waals surface area contributed by atoms with Crippen molar-refractivity contribution in [2.45, 2.75) is 56.3 Å². The zero-order valence-electron chi connectivity index (χ0n) is 18.0. The third kappa shape index (κ3) is 12.1. The van der Waals surface area contributed by atoms with E-state index in [2.05, 4.69) is 28.6 Å². The van der Waals surface area contributed by atoms with Gasteiger partial charge in [0.05, 0.1) is 12.5 Å². The van der Waals surface area contributed by atoms with Gasteiger partial charge in [0.25, 0.3) is 0 Å². The predicted molar refractivity (Wildman–Crippen MR) is 125 cm³/mol. The standard InChI is InChI=1S/C18H34N6O6S2/c1-32-7-5-10(20)15(26)23-12(8-14(21)25)16(27)24-13(9-31)17(28)22-11(18(29)30)4-2-3-6-19/h10-13,31H,2-9,19-20H2,1H3,(H2,21,25)(H,22,28)(H,23,26)(H,24,27)(H,29,30). The highest BCUT2D eigenvalue weighted by atomic mass is 32.2. The van der Waals surface area contributed by atoms with Gasteiger partial charge in [-0.05, 0) is 44.2 Å². The summed E-state index contributed by atoms with van der Waals surface area (Å²) in [5, 5.41) is 16.4. The number of carboxylic acids is 1. The second-order valence-electron chi connectivity index (χ2n) is 7.05. The first-order valence-electron chi connectivity index (χ1n) is 10.0. The van der Waals surface area contributed by atoms with Crippen molar-refractivity contribution in [3.63, 3.8) is 0 Å². The van der Waals surface area contributed by atoms with Gasteiger partial charge in [0.2, 0.25) is 23.6 Å². The third-order valence-electron chi connectivity index (χ3n) is 4.39. The molecule has 0 spiro atoms. The summed E-state index contributed by atoms with van der Waals surface area (Å²) in [4.78, 5) is 60.1. The van der Waals surface area contributed by atoms with Crippen LogP contribution < -0.4 is 33.2 Å². The number of hydrogen-bond acceptors (Lipinski definition) is 9. The number of nitrogens with two attached hydrogens (primary N) is 3. The number of primary amides is 1. The Morgan fingerprint density at radius 3 is 2.00 bits per heavy atom. The van der Waals surface area contributed by atoms with Crippen molar-refractivity contribution in [1.29, 1.82) is 0 Å². The lowest BCUT2D eigenvalue weighted by Gasteiger charge is -2.24. The smallest absolute Gasteiger partial charge is 0.326 e. The van der Waals surface area contributed by atoms with E-state index in [4.69, 9.17) is 17.2 Å². The molecule has 0 radical (unpaired) electrons. The Labute approximate surface area is 196 Å². The van der Waals surface area contributed by atoms with Gasteiger partial charge in [-0.1, -0.05) is 0 Å². The number of carbonyl (C=O) groups excluding carboxylic acids is 4. The fourth-order valence-electron chi connectivity index (χ4n) is 2.55. The van der Waals surface area contributed by atoms with Crippen LogP contribution in [-0.4, -0.2) is 83.2 Å². The van der Waals surface area contributed by atoms with Gasteiger partial charge >= 0.3 is 5.97 Å². The number of hydrogen-bond donors (Lipinski definition) is 8. The zero-order valence-corrected chi connectivity index (χ0v) is 19.8. The van der Waals surface area contributed by atoms with Crippen molar-refractivity contribution >= 4 is 54.0 Å². The van der Waals surface area contributed by atoms with Crippen LogP contribution in [0.1, 0.15) is 32.1 Å². The Balaban J connectivity index is 5.15. The second kappa shape index (κ2) is 16.6. The minimum absolute atomic E-state index is 0.156. The van der Waals surface area contributed by atoms with Crippen molar-refractivity contribution in [2.75, 3.05) is 24.3 Å². The van der Waals surface area contributed by atoms with E-state index in [1.54, 1.807) is 0 Å². The van der Waals surface area contributed by atoms with Crippen LogP contribution in [-0.2, 0) is 24.0 Å². The van der Waals surface area contributed by atoms with E-state index in [0.29, 0.717) is 31.6 Å². The summed E-state index contributed by atoms with van der Waals surface area (Å²) in [6.07, 6.45) is 2.96. The molecule has 4 unspecified atom stereocenters. The maximum atomic E-state index is 12.6. The predicted octanol–water partition coefficient (Wildman–Crippen LogP) is -2.46. The molecule has 10 N–H and O–H groups in total. The van der Waals surface area contributed by atoms with Gasteiger partial charge in [-0.25, -0.2) is 4.79 Å². The SMILES string of the molecule is CSCCC(N)C(=O)NC(CC(N)=O)C(=O)NC(CS)C(=O)NC(CCCCN)C(=O)O. The van der Waals surface area contributed by atoms with Crippen LogP contribution in [0, 0.1) is 0 Å². The van der Waals surface area contributed by atoms with Crippen molar-refractivity contribution in [3.05, 3.63) is 0 Å². The molecule has 12 nitrogen and oxygen atoms in total. The Morgan fingerprint density at radius 2 is 1.50 bits per heavy atom. The average Bonchev–Trinajstić information content (AvgIpc) is 2.73. The van der Waals surface area contributed by atoms with Crippen LogP contribution >= 0.6 is 24.4 Å². The topological polar surface area (TPSA) is 220 Å². The Bertz CT molecular complexity index is 653. The van der Waals surface area contributed by atoms with Crippen LogP contribution in [0.25, 0.3) is 0 Å². The van der Waals surface area contributed by atoms with E-state index >= 15 is 0 Å². The van der Waals surface area contributed by atoms with E-state index in [1.807, 2.05) is 6.26 Å². The lowest BCUT2D eigenvalue weighted by atomic mass is 10.1. The van der Waals surface area contributed by atoms with Crippen molar-refractivity contribution in [2.24, 2.45) is 17.2 Å². The summed E-state index contributed by atoms with van der Waals surface area (Å²) in [6.45, 7) is 0.392. The third-order valence-corrected chi connectivity index (χ3v) is 5.39. The zero-order chi connectivity index (χ0) is 24.7. The molecule has 0 fully saturated rings. The molecule has 0 aromatic rings. The molecule has 0 aromatic carbocycles. The van der Waals surface area contributed by atoms with E-state index < -0.39 is 60.2 Å². The first-order valence-corrected chi connectivity index (χ1v) is 12.1. The highest BCUT2D eigenvalue weighted by Crippen LogP contribution is 2.04. The molecule has 0 saturated heterocycles. The molecule has 0 bridgehead atoms. The number of amides is 4. The lowest BCUT2D eigenvalue weighted by molar-refractivity contribution is -0.142. The minimum Gasteiger partial charge on any atom is -0.480 e. The van der Waals surface area contributed by atoms with Gasteiger partial charge in [-0.3, -0.25) is 19.2 Å². The molecule has 0 rings (SSSR count). The Kier molecular flexibility index (Phi) is 15.5. The lowest BCUT2D eigenvalue weighted by Crippen LogP contribution is -2.58. The monoisotopic (exact) mass is 494 g/mol. The van der Waals surface area contributed by atoms with Crippen molar-refractivity contribution < 1.29 is 29.1 Å². The maximum absolute atomic E-state index is 12.6. The van der Waals surface area contributed by atoms with Gasteiger partial charge in [0.15, 0.2) is 0 Å². The number of thioether (sulfide) groups is 1. The van der Waals surface area contributed by atoms with Crippen LogP contribution in [0.2, 0.25) is 0 Å². The Morgan fingerprint density at radius 1 is 0.938 bits per heavy atom. The van der Waals surface area contributed by atoms with E-state index in [-0.39, 0.29) is 12.2 Å². The number of carboxylic acid groups (broad SMARTS) is 1. The summed E-state index contributed by atoms with van der Waals surface area (Å²) >= 11 is 5.52. The van der Waals surface area contributed by atoms with Crippen LogP contribution in [0.5, 0.6) is 0 Å². The van der Waals surface area contributed by atoms with Crippen LogP contribution in [0.15, 0.2) is 0 Å². The highest BCUT2D eigenvalue weighted by Gasteiger charge is 2.30. The molecule has 4 atom stereocenters. The molecule has 0 aliphatic heterocycles. The largest absolute Gasteiger partial charge is 0.480 e. The van der Waals surface area contributed by atoms with Gasteiger partial charge in [-0.2, -0.15) is 24.4 Å². The van der Waals surface area contributed by atoms with Gasteiger partial charge in [0, 0.05) is 5.75 Å². The van der Waals surface area contributed by atoms with Crippen LogP contribution in [0.4, 0.5) is 0 Å². The number of aliphatic carboxylic acids is 1. The number of rotatable bonds is 17. The summed E-state index contributed by atoms with van der Waals surface area (Å²) in [5.74, 6) is -3.86. The molecule has 0 saturated carbocycles. The molecule has 4 amide bonds. The molecule has 184 valence electrons. The van der Waals surface area contributed by atoms with Gasteiger partial charge in [-0.15, -0.1) is 0 Å². The van der Waals surface area contributed by atoms with E-state index in [9.17, 15) is 29.1 Å². The van der Waals surface area contributed by atoms with Crippen molar-refractivity contribution in [1.82, 2.24) is 16.0 Å². The first-order chi connectivity index (χ1) is 15.1. The molecule has 0 aliphatic rings. The fourth-order valence-corrected chi connectivity index (χ4v) is 3.30. The summed E-state index contributed by atoms with van der Waals surface area (Å²) in [6, 6.07) is -4.61. The number of carbonyl (C=O) groups is 5. The number of nitrogens with one attached hydrogen (secondary N) is 3. The molecular weight excluding hydrogens is 460 g/mol. The van der Waals surface area contributed by atoms with Crippen LogP contribution in [0.3, 0.4) is 0 Å². The average molecular weight is 495 g/mol. The number of thiol groups is 1. The molecule has 14 heteroatoms. The number of unbranched alkanes of at least 4 members (excludes halogenated alkanes) is 1. The molecule has 32 heavy (non-hydrogen) atoms. The van der Waals surface area contributed by atoms with E-state index in [1.165, 1.54) is 11.8 Å². The van der Waals surface area contributed by atoms with E-state index in [0.717, 1.165) is 0 Å². The maximum Gasteiger partial charge on any atom is 0.326 e. The summed E-state index contributed by atoms with van der Waals surface area (Å²) in [5.41, 5.74) is 16.3. The summed E-state index contributed by atoms with van der Waals surface area (Å²) in [7, 11) is 0. The fraction of sp³-hybridized carbons (Fsp3) is 0.722. The second-order valence-corrected chi connectivity index (χ2v) is 8.40. The molecular formula is C18H34N6O6S2. The van der Waals surface area contributed by atoms with Crippen molar-refractivity contribution in [3.8, 4) is 0 Å². The quantitative estimate of drug-likeness (QED) is 0.0792. The first kappa shape index (κ1) is 30.0. The highest BCUT2D eigenvalue weighted by molar-refractivity contribution is 7.98. The minimum atomic E-state index is -1.35. The molecule has 0 aliphatic carbocycles. The molecule has 0 heterocycles. The Hall–Kier alpha value is -2.03. The van der Waals surface area contributed by atoms with Gasteiger partial charge < -0.3 is 38.3 Å². The summed E-state index contributed by atoms with van der Waals surface area (Å²) < 4.78 is 0. The van der Waals surface area contributed by atoms with Gasteiger partial charge in [0.1, 0.15) is 18.1 Å². The molecule has 0 aromatic heterocycles.